The third-order valence-corrected chi connectivity index (χ3v) is 6.39. The number of piperidine rings is 2. The second-order valence-corrected chi connectivity index (χ2v) is 8.77. The van der Waals surface area contributed by atoms with E-state index in [0.717, 1.165) is 25.9 Å². The molecular formula is C23H27F2N5O. The number of nitrogens with one attached hydrogen (secondary N) is 1. The summed E-state index contributed by atoms with van der Waals surface area (Å²) in [7, 11) is 2.08. The SMILES string of the molecule is CN1CCC(CNC(=O)[C@H]2CN(c3ccc(C#N)c4ncccc34)CC(F)(F)C2)CC1. The van der Waals surface area contributed by atoms with Crippen LogP contribution >= 0.6 is 0 Å². The Labute approximate surface area is 180 Å². The maximum absolute atomic E-state index is 14.6. The molecule has 2 fully saturated rings. The Balaban J connectivity index is 1.51. The number of amides is 1. The third kappa shape index (κ3) is 4.77. The summed E-state index contributed by atoms with van der Waals surface area (Å²) in [6, 6.07) is 8.88. The molecule has 2 aromatic rings. The first-order chi connectivity index (χ1) is 14.9. The number of fused-ring (bicyclic) bond motifs is 1. The molecule has 0 saturated carbocycles. The van der Waals surface area contributed by atoms with Gasteiger partial charge >= 0.3 is 0 Å². The molecule has 1 aromatic carbocycles. The molecule has 8 heteroatoms. The molecule has 2 aliphatic rings. The number of nitrogens with zero attached hydrogens (tertiary/aromatic N) is 4. The molecule has 0 aliphatic carbocycles. The van der Waals surface area contributed by atoms with Crippen LogP contribution in [0.3, 0.4) is 0 Å². The lowest BCUT2D eigenvalue weighted by atomic mass is 9.92. The van der Waals surface area contributed by atoms with Crippen LogP contribution in [-0.2, 0) is 4.79 Å². The van der Waals surface area contributed by atoms with Gasteiger partial charge in [-0.05, 0) is 63.2 Å². The Morgan fingerprint density at radius 2 is 2.10 bits per heavy atom. The summed E-state index contributed by atoms with van der Waals surface area (Å²) in [6.07, 6.45) is 3.15. The Morgan fingerprint density at radius 1 is 1.32 bits per heavy atom. The number of hydrogen-bond donors (Lipinski definition) is 1. The molecule has 1 amide bonds. The van der Waals surface area contributed by atoms with Crippen molar-refractivity contribution in [1.29, 1.82) is 5.26 Å². The number of aromatic nitrogens is 1. The highest BCUT2D eigenvalue weighted by atomic mass is 19.3. The van der Waals surface area contributed by atoms with Gasteiger partial charge in [0.2, 0.25) is 5.91 Å². The minimum Gasteiger partial charge on any atom is -0.364 e. The molecule has 4 rings (SSSR count). The topological polar surface area (TPSA) is 72.3 Å². The summed E-state index contributed by atoms with van der Waals surface area (Å²) >= 11 is 0. The molecule has 2 saturated heterocycles. The molecule has 31 heavy (non-hydrogen) atoms. The van der Waals surface area contributed by atoms with Gasteiger partial charge in [0, 0.05) is 36.8 Å². The van der Waals surface area contributed by atoms with Gasteiger partial charge in [-0.15, -0.1) is 0 Å². The zero-order valence-electron chi connectivity index (χ0n) is 17.7. The first kappa shape index (κ1) is 21.4. The number of carbonyl (C=O) groups excluding carboxylic acids is 1. The van der Waals surface area contributed by atoms with Crippen LogP contribution in [0.4, 0.5) is 14.5 Å². The van der Waals surface area contributed by atoms with Crippen LogP contribution in [-0.4, -0.2) is 61.5 Å². The number of anilines is 1. The normalized spacial score (nSPS) is 22.3. The third-order valence-electron chi connectivity index (χ3n) is 6.39. The molecule has 0 radical (unpaired) electrons. The van der Waals surface area contributed by atoms with Crippen molar-refractivity contribution in [3.63, 3.8) is 0 Å². The largest absolute Gasteiger partial charge is 0.364 e. The van der Waals surface area contributed by atoms with E-state index in [1.807, 2.05) is 0 Å². The lowest BCUT2D eigenvalue weighted by molar-refractivity contribution is -0.130. The molecule has 1 aromatic heterocycles. The van der Waals surface area contributed by atoms with Crippen molar-refractivity contribution in [1.82, 2.24) is 15.2 Å². The monoisotopic (exact) mass is 427 g/mol. The maximum atomic E-state index is 14.6. The lowest BCUT2D eigenvalue weighted by Crippen LogP contribution is -2.52. The second-order valence-electron chi connectivity index (χ2n) is 8.77. The molecule has 0 spiro atoms. The van der Waals surface area contributed by atoms with Crippen molar-refractivity contribution in [2.75, 3.05) is 44.7 Å². The van der Waals surface area contributed by atoms with Gasteiger partial charge in [-0.2, -0.15) is 5.26 Å². The predicted octanol–water partition coefficient (Wildman–Crippen LogP) is 3.03. The Bertz CT molecular complexity index is 997. The average molecular weight is 427 g/mol. The number of hydrogen-bond acceptors (Lipinski definition) is 5. The molecule has 1 N–H and O–H groups in total. The van der Waals surface area contributed by atoms with Gasteiger partial charge in [0.15, 0.2) is 0 Å². The summed E-state index contributed by atoms with van der Waals surface area (Å²) in [4.78, 5) is 20.9. The van der Waals surface area contributed by atoms with Crippen molar-refractivity contribution in [3.8, 4) is 6.07 Å². The number of likely N-dealkylation sites (tertiary alicyclic amines) is 1. The minimum atomic E-state index is -2.98. The van der Waals surface area contributed by atoms with Gasteiger partial charge in [-0.3, -0.25) is 9.78 Å². The second kappa shape index (κ2) is 8.75. The fourth-order valence-corrected chi connectivity index (χ4v) is 4.64. The molecule has 2 aliphatic heterocycles. The van der Waals surface area contributed by atoms with Gasteiger partial charge < -0.3 is 15.1 Å². The van der Waals surface area contributed by atoms with Crippen LogP contribution < -0.4 is 10.2 Å². The number of benzene rings is 1. The molecule has 164 valence electrons. The quantitative estimate of drug-likeness (QED) is 0.812. The van der Waals surface area contributed by atoms with Crippen LogP contribution in [0.2, 0.25) is 0 Å². The average Bonchev–Trinajstić information content (AvgIpc) is 2.76. The summed E-state index contributed by atoms with van der Waals surface area (Å²) in [5, 5.41) is 12.9. The predicted molar refractivity (Wildman–Crippen MR) is 115 cm³/mol. The van der Waals surface area contributed by atoms with E-state index in [4.69, 9.17) is 0 Å². The molecule has 6 nitrogen and oxygen atoms in total. The van der Waals surface area contributed by atoms with E-state index in [1.54, 1.807) is 35.4 Å². The molecule has 1 atom stereocenters. The van der Waals surface area contributed by atoms with Gasteiger partial charge in [0.05, 0.1) is 23.5 Å². The first-order valence-electron chi connectivity index (χ1n) is 10.7. The Morgan fingerprint density at radius 3 is 2.84 bits per heavy atom. The van der Waals surface area contributed by atoms with Gasteiger partial charge in [0.25, 0.3) is 5.92 Å². The van der Waals surface area contributed by atoms with Crippen molar-refractivity contribution in [2.24, 2.45) is 11.8 Å². The fourth-order valence-electron chi connectivity index (χ4n) is 4.64. The van der Waals surface area contributed by atoms with E-state index in [-0.39, 0.29) is 12.5 Å². The molecular weight excluding hydrogens is 400 g/mol. The zero-order chi connectivity index (χ0) is 22.0. The van der Waals surface area contributed by atoms with Crippen LogP contribution in [0.15, 0.2) is 30.5 Å². The van der Waals surface area contributed by atoms with Gasteiger partial charge in [-0.1, -0.05) is 0 Å². The number of alkyl halides is 2. The maximum Gasteiger partial charge on any atom is 0.266 e. The van der Waals surface area contributed by atoms with E-state index in [1.165, 1.54) is 0 Å². The highest BCUT2D eigenvalue weighted by molar-refractivity contribution is 5.95. The summed E-state index contributed by atoms with van der Waals surface area (Å²) < 4.78 is 29.3. The number of nitriles is 1. The van der Waals surface area contributed by atoms with Crippen LogP contribution in [0.25, 0.3) is 10.9 Å². The number of rotatable bonds is 4. The summed E-state index contributed by atoms with van der Waals surface area (Å²) in [5.41, 5.74) is 1.46. The van der Waals surface area contributed by atoms with E-state index in [2.05, 4.69) is 28.3 Å². The van der Waals surface area contributed by atoms with Crippen molar-refractivity contribution in [2.45, 2.75) is 25.2 Å². The Kier molecular flexibility index (Phi) is 6.05. The van der Waals surface area contributed by atoms with E-state index in [9.17, 15) is 18.8 Å². The van der Waals surface area contributed by atoms with Crippen molar-refractivity contribution < 1.29 is 13.6 Å². The van der Waals surface area contributed by atoms with E-state index < -0.39 is 24.8 Å². The van der Waals surface area contributed by atoms with E-state index in [0.29, 0.717) is 34.6 Å². The van der Waals surface area contributed by atoms with Crippen molar-refractivity contribution in [3.05, 3.63) is 36.0 Å². The molecule has 0 unspecified atom stereocenters. The Hall–Kier alpha value is -2.79. The van der Waals surface area contributed by atoms with E-state index >= 15 is 0 Å². The van der Waals surface area contributed by atoms with Crippen LogP contribution in [0.5, 0.6) is 0 Å². The first-order valence-corrected chi connectivity index (χ1v) is 10.7. The summed E-state index contributed by atoms with van der Waals surface area (Å²) in [5.74, 6) is -3.68. The number of pyridine rings is 1. The summed E-state index contributed by atoms with van der Waals surface area (Å²) in [6.45, 7) is 2.29. The number of halogens is 2. The van der Waals surface area contributed by atoms with Crippen LogP contribution in [0, 0.1) is 23.2 Å². The standard InChI is InChI=1S/C23H27F2N5O/c1-29-9-6-16(7-10-29)13-28-22(31)18-11-23(24,25)15-30(14-18)20-5-4-17(12-26)21-19(20)3-2-8-27-21/h2-5,8,16,18H,6-7,9-11,13-15H2,1H3,(H,28,31)/t18-/m1/s1. The van der Waals surface area contributed by atoms with Crippen LogP contribution in [0.1, 0.15) is 24.8 Å². The smallest absolute Gasteiger partial charge is 0.266 e. The minimum absolute atomic E-state index is 0.213. The van der Waals surface area contributed by atoms with Gasteiger partial charge in [0.1, 0.15) is 6.07 Å². The highest BCUT2D eigenvalue weighted by Gasteiger charge is 2.43. The van der Waals surface area contributed by atoms with Crippen molar-refractivity contribution >= 4 is 22.5 Å². The fraction of sp³-hybridized carbons (Fsp3) is 0.522. The molecule has 0 bridgehead atoms. The highest BCUT2D eigenvalue weighted by Crippen LogP contribution is 2.36. The molecule has 3 heterocycles. The zero-order valence-corrected chi connectivity index (χ0v) is 17.7. The lowest BCUT2D eigenvalue weighted by Gasteiger charge is -2.39. The van der Waals surface area contributed by atoms with Gasteiger partial charge in [-0.25, -0.2) is 8.78 Å². The number of carbonyl (C=O) groups is 1.